The molecule has 0 aliphatic carbocycles. The summed E-state index contributed by atoms with van der Waals surface area (Å²) in [5.74, 6) is 0.719. The molecule has 0 N–H and O–H groups in total. The number of halogens is 2. The van der Waals surface area contributed by atoms with Gasteiger partial charge in [-0.2, -0.15) is 4.98 Å². The van der Waals surface area contributed by atoms with Gasteiger partial charge in [0.2, 0.25) is 5.44 Å². The van der Waals surface area contributed by atoms with Gasteiger partial charge in [-0.1, -0.05) is 108 Å². The van der Waals surface area contributed by atoms with Crippen molar-refractivity contribution < 1.29 is 28.9 Å². The maximum absolute atomic E-state index is 8.49. The van der Waals surface area contributed by atoms with Gasteiger partial charge in [-0.05, 0) is 60.7 Å². The summed E-state index contributed by atoms with van der Waals surface area (Å²) in [5.41, 5.74) is 2.01. The largest absolute Gasteiger partial charge is 0.222 e. The van der Waals surface area contributed by atoms with E-state index in [0.717, 1.165) is 31.8 Å². The second-order valence-corrected chi connectivity index (χ2v) is 15.0. The highest BCUT2D eigenvalue weighted by atomic mass is 35.7. The van der Waals surface area contributed by atoms with Gasteiger partial charge >= 0.3 is 0 Å². The third-order valence-corrected chi connectivity index (χ3v) is 11.8. The van der Waals surface area contributed by atoms with E-state index in [4.69, 9.17) is 40.2 Å². The van der Waals surface area contributed by atoms with Crippen LogP contribution in [0.5, 0.6) is 0 Å². The first-order valence-electron chi connectivity index (χ1n) is 13.3. The number of hydrogen-bond acceptors (Lipinski definition) is 7. The van der Waals surface area contributed by atoms with Crippen molar-refractivity contribution in [1.82, 2.24) is 9.97 Å². The van der Waals surface area contributed by atoms with E-state index in [1.54, 1.807) is 11.8 Å². The molecule has 0 unspecified atom stereocenters. The van der Waals surface area contributed by atoms with Crippen molar-refractivity contribution in [2.24, 2.45) is 0 Å². The van der Waals surface area contributed by atoms with Crippen molar-refractivity contribution in [2.75, 3.05) is 0 Å². The van der Waals surface area contributed by atoms with Crippen LogP contribution < -0.4 is 40.0 Å². The van der Waals surface area contributed by atoms with Crippen molar-refractivity contribution in [3.05, 3.63) is 157 Å². The molecule has 0 spiro atoms. The summed E-state index contributed by atoms with van der Waals surface area (Å²) in [6.07, 6.45) is 0. The standard InChI is InChI=1S/C34H25ClN2PS.ClHO4/c35-27-21-23-31(24-22-27)39-33-25-32(36-34(37-33)26-13-5-1-6-14-26)38(28-15-7-2-8-16-28,29-17-9-3-10-18-29)30-19-11-4-12-20-30;2-1(3,4)5/h1-25H;(H,2,3,4,5)/q+1;/p-1. The van der Waals surface area contributed by atoms with Crippen LogP contribution in [0.15, 0.2) is 162 Å². The van der Waals surface area contributed by atoms with E-state index in [1.165, 1.54) is 15.9 Å². The topological polar surface area (TPSA) is 118 Å². The normalized spacial score (nSPS) is 11.4. The van der Waals surface area contributed by atoms with Gasteiger partial charge in [0.15, 0.2) is 13.1 Å². The lowest BCUT2D eigenvalue weighted by molar-refractivity contribution is -2.00. The lowest BCUT2D eigenvalue weighted by Gasteiger charge is -2.27. The van der Waals surface area contributed by atoms with E-state index in [9.17, 15) is 0 Å². The molecular weight excluding hydrogens is 634 g/mol. The summed E-state index contributed by atoms with van der Waals surface area (Å²) in [6, 6.07) is 52.7. The average Bonchev–Trinajstić information content (AvgIpc) is 3.04. The highest BCUT2D eigenvalue weighted by molar-refractivity contribution is 8.01. The minimum Gasteiger partial charge on any atom is -0.222 e. The summed E-state index contributed by atoms with van der Waals surface area (Å²) < 4.78 is 34.0. The molecule has 0 bridgehead atoms. The second-order valence-electron chi connectivity index (χ2n) is 9.37. The van der Waals surface area contributed by atoms with E-state index >= 15 is 0 Å². The highest BCUT2D eigenvalue weighted by Gasteiger charge is 2.49. The number of benzene rings is 5. The van der Waals surface area contributed by atoms with Crippen molar-refractivity contribution >= 4 is 52.0 Å². The first kappa shape index (κ1) is 31.8. The fourth-order valence-electron chi connectivity index (χ4n) is 4.78. The van der Waals surface area contributed by atoms with Gasteiger partial charge in [0, 0.05) is 21.5 Å². The van der Waals surface area contributed by atoms with E-state index < -0.39 is 17.5 Å². The summed E-state index contributed by atoms with van der Waals surface area (Å²) >= 11 is 7.81. The Balaban J connectivity index is 0.000000712. The molecule has 220 valence electrons. The zero-order chi connectivity index (χ0) is 31.0. The molecule has 1 aromatic heterocycles. The molecule has 0 radical (unpaired) electrons. The lowest BCUT2D eigenvalue weighted by atomic mass is 10.2. The summed E-state index contributed by atoms with van der Waals surface area (Å²) in [6.45, 7) is 0. The minimum atomic E-state index is -4.94. The molecule has 1 heterocycles. The van der Waals surface area contributed by atoms with Crippen LogP contribution in [0.1, 0.15) is 0 Å². The number of hydrogen-bond donors (Lipinski definition) is 0. The molecule has 0 saturated heterocycles. The molecular formula is C34H25Cl2N2O4PS. The minimum absolute atomic E-state index is 0.717. The van der Waals surface area contributed by atoms with E-state index in [0.29, 0.717) is 0 Å². The highest BCUT2D eigenvalue weighted by Crippen LogP contribution is 2.54. The van der Waals surface area contributed by atoms with Crippen LogP contribution in [0.25, 0.3) is 11.4 Å². The van der Waals surface area contributed by atoms with Crippen LogP contribution in [0, 0.1) is 10.2 Å². The Bertz CT molecular complexity index is 1680. The molecule has 6 nitrogen and oxygen atoms in total. The maximum atomic E-state index is 8.49. The summed E-state index contributed by atoms with van der Waals surface area (Å²) in [5, 5.41) is 5.37. The number of nitrogens with zero attached hydrogens (tertiary/aromatic N) is 2. The van der Waals surface area contributed by atoms with Gasteiger partial charge in [0.1, 0.15) is 20.9 Å². The van der Waals surface area contributed by atoms with Crippen LogP contribution in [0.3, 0.4) is 0 Å². The third kappa shape index (κ3) is 7.90. The van der Waals surface area contributed by atoms with Crippen LogP contribution >= 0.6 is 30.6 Å². The zero-order valence-corrected chi connectivity index (χ0v) is 26.3. The Morgan fingerprint density at radius 2 is 0.955 bits per heavy atom. The van der Waals surface area contributed by atoms with E-state index in [1.807, 2.05) is 42.5 Å². The van der Waals surface area contributed by atoms with Crippen LogP contribution in [0.4, 0.5) is 0 Å². The smallest absolute Gasteiger partial charge is 0.202 e. The first-order valence-corrected chi connectivity index (χ1v) is 17.5. The quantitative estimate of drug-likeness (QED) is 0.191. The van der Waals surface area contributed by atoms with Crippen molar-refractivity contribution in [1.29, 1.82) is 0 Å². The fourth-order valence-corrected chi connectivity index (χ4v) is 9.91. The maximum Gasteiger partial charge on any atom is 0.202 e. The molecule has 0 amide bonds. The van der Waals surface area contributed by atoms with Gasteiger partial charge in [-0.25, -0.2) is 23.6 Å². The van der Waals surface area contributed by atoms with E-state index in [2.05, 4.69) is 109 Å². The predicted molar refractivity (Wildman–Crippen MR) is 168 cm³/mol. The Kier molecular flexibility index (Phi) is 10.4. The Morgan fingerprint density at radius 3 is 1.39 bits per heavy atom. The first-order chi connectivity index (χ1) is 21.2. The molecule has 0 aliphatic heterocycles. The Labute approximate surface area is 267 Å². The summed E-state index contributed by atoms with van der Waals surface area (Å²) in [7, 11) is -7.32. The SMILES string of the molecule is Clc1ccc(Sc2cc([P+](c3ccccc3)(c3ccccc3)c3ccccc3)nc(-c3ccccc3)n2)cc1.[O-][Cl+3]([O-])([O-])[O-]. The molecule has 6 aromatic rings. The Morgan fingerprint density at radius 1 is 0.545 bits per heavy atom. The van der Waals surface area contributed by atoms with Crippen molar-refractivity contribution in [3.63, 3.8) is 0 Å². The molecule has 0 atom stereocenters. The molecule has 5 aromatic carbocycles. The average molecular weight is 660 g/mol. The predicted octanol–water partition coefficient (Wildman–Crippen LogP) is 2.81. The Hall–Kier alpha value is -3.62. The number of rotatable bonds is 7. The van der Waals surface area contributed by atoms with Gasteiger partial charge in [-0.3, -0.25) is 0 Å². The van der Waals surface area contributed by atoms with Crippen molar-refractivity contribution in [2.45, 2.75) is 9.92 Å². The monoisotopic (exact) mass is 658 g/mol. The fraction of sp³-hybridized carbons (Fsp3) is 0. The number of aromatic nitrogens is 2. The second kappa shape index (κ2) is 14.4. The van der Waals surface area contributed by atoms with Gasteiger partial charge in [0.05, 0.1) is 0 Å². The molecule has 0 fully saturated rings. The van der Waals surface area contributed by atoms with Crippen LogP contribution in [-0.4, -0.2) is 9.97 Å². The lowest BCUT2D eigenvalue weighted by Crippen LogP contribution is -2.68. The zero-order valence-electron chi connectivity index (χ0n) is 23.1. The van der Waals surface area contributed by atoms with Gasteiger partial charge < -0.3 is 0 Å². The summed E-state index contributed by atoms with van der Waals surface area (Å²) in [4.78, 5) is 11.5. The van der Waals surface area contributed by atoms with Gasteiger partial charge in [0.25, 0.3) is 0 Å². The molecule has 44 heavy (non-hydrogen) atoms. The molecule has 0 saturated carbocycles. The van der Waals surface area contributed by atoms with Gasteiger partial charge in [-0.15, -0.1) is 10.2 Å². The molecule has 6 rings (SSSR count). The van der Waals surface area contributed by atoms with Crippen LogP contribution in [0.2, 0.25) is 5.02 Å². The van der Waals surface area contributed by atoms with Crippen LogP contribution in [-0.2, 0) is 0 Å². The van der Waals surface area contributed by atoms with E-state index in [-0.39, 0.29) is 0 Å². The molecule has 0 aliphatic rings. The third-order valence-electron chi connectivity index (χ3n) is 6.53. The van der Waals surface area contributed by atoms with Crippen molar-refractivity contribution in [3.8, 4) is 11.4 Å². The molecule has 10 heteroatoms.